The molecule has 2 nitrogen and oxygen atoms in total. The number of phenolic OH excluding ortho intramolecular Hbond substituents is 1. The molecule has 1 unspecified atom stereocenters. The summed E-state index contributed by atoms with van der Waals surface area (Å²) in [6, 6.07) is 16.3. The molecule has 0 saturated carbocycles. The van der Waals surface area contributed by atoms with E-state index in [1.165, 1.54) is 11.1 Å². The highest BCUT2D eigenvalue weighted by Gasteiger charge is 2.22. The summed E-state index contributed by atoms with van der Waals surface area (Å²) in [5.41, 5.74) is 3.61. The third-order valence-electron chi connectivity index (χ3n) is 3.64. The van der Waals surface area contributed by atoms with Gasteiger partial charge in [0.15, 0.2) is 0 Å². The van der Waals surface area contributed by atoms with E-state index in [4.69, 9.17) is 0 Å². The van der Waals surface area contributed by atoms with Crippen LogP contribution in [0.25, 0.3) is 0 Å². The minimum Gasteiger partial charge on any atom is -0.508 e. The first-order chi connectivity index (χ1) is 8.86. The molecule has 2 heteroatoms. The van der Waals surface area contributed by atoms with Gasteiger partial charge in [0.05, 0.1) is 0 Å². The molecular weight excluding hydrogens is 222 g/mol. The van der Waals surface area contributed by atoms with E-state index in [1.54, 1.807) is 6.07 Å². The number of aromatic hydroxyl groups is 1. The molecule has 0 radical (unpaired) electrons. The molecule has 2 N–H and O–H groups in total. The van der Waals surface area contributed by atoms with Crippen molar-refractivity contribution in [1.29, 1.82) is 0 Å². The second-order valence-corrected chi connectivity index (χ2v) is 4.77. The normalized spacial score (nSPS) is 19.0. The number of hydrogen-bond acceptors (Lipinski definition) is 2. The van der Waals surface area contributed by atoms with Crippen LogP contribution in [0.15, 0.2) is 48.5 Å². The standard InChI is InChI=1S/C16H17NO/c18-15-8-4-7-13-9-10-17-11-14(16(13)15)12-5-2-1-3-6-12/h1-8,14,17-18H,9-11H2. The molecule has 1 aliphatic rings. The van der Waals surface area contributed by atoms with Gasteiger partial charge in [-0.25, -0.2) is 0 Å². The first kappa shape index (κ1) is 11.3. The van der Waals surface area contributed by atoms with Crippen LogP contribution >= 0.6 is 0 Å². The Kier molecular flexibility index (Phi) is 3.03. The third kappa shape index (κ3) is 2.00. The summed E-state index contributed by atoms with van der Waals surface area (Å²) in [7, 11) is 0. The summed E-state index contributed by atoms with van der Waals surface area (Å²) in [6.45, 7) is 1.86. The number of rotatable bonds is 1. The zero-order valence-corrected chi connectivity index (χ0v) is 10.3. The quantitative estimate of drug-likeness (QED) is 0.802. The van der Waals surface area contributed by atoms with Gasteiger partial charge in [0, 0.05) is 18.0 Å². The molecule has 0 fully saturated rings. The van der Waals surface area contributed by atoms with Gasteiger partial charge in [-0.05, 0) is 30.2 Å². The van der Waals surface area contributed by atoms with Gasteiger partial charge in [-0.3, -0.25) is 0 Å². The molecule has 1 aliphatic heterocycles. The maximum Gasteiger partial charge on any atom is 0.119 e. The maximum absolute atomic E-state index is 10.2. The smallest absolute Gasteiger partial charge is 0.119 e. The van der Waals surface area contributed by atoms with Crippen LogP contribution in [-0.2, 0) is 6.42 Å². The Morgan fingerprint density at radius 1 is 1.00 bits per heavy atom. The maximum atomic E-state index is 10.2. The Hall–Kier alpha value is -1.80. The van der Waals surface area contributed by atoms with Crippen molar-refractivity contribution in [3.63, 3.8) is 0 Å². The van der Waals surface area contributed by atoms with E-state index in [2.05, 4.69) is 35.6 Å². The van der Waals surface area contributed by atoms with Crippen molar-refractivity contribution < 1.29 is 5.11 Å². The van der Waals surface area contributed by atoms with Gasteiger partial charge >= 0.3 is 0 Å². The average Bonchev–Trinajstić information content (AvgIpc) is 2.63. The molecule has 1 atom stereocenters. The minimum atomic E-state index is 0.241. The Morgan fingerprint density at radius 2 is 1.83 bits per heavy atom. The van der Waals surface area contributed by atoms with Crippen molar-refractivity contribution in [2.24, 2.45) is 0 Å². The molecule has 0 amide bonds. The van der Waals surface area contributed by atoms with Gasteiger partial charge in [-0.2, -0.15) is 0 Å². The molecule has 0 spiro atoms. The topological polar surface area (TPSA) is 32.3 Å². The molecule has 0 aromatic heterocycles. The fourth-order valence-corrected chi connectivity index (χ4v) is 2.76. The number of fused-ring (bicyclic) bond motifs is 1. The second kappa shape index (κ2) is 4.83. The van der Waals surface area contributed by atoms with Crippen molar-refractivity contribution in [2.45, 2.75) is 12.3 Å². The monoisotopic (exact) mass is 239 g/mol. The third-order valence-corrected chi connectivity index (χ3v) is 3.64. The highest BCUT2D eigenvalue weighted by atomic mass is 16.3. The van der Waals surface area contributed by atoms with E-state index < -0.39 is 0 Å². The largest absolute Gasteiger partial charge is 0.508 e. The van der Waals surface area contributed by atoms with Crippen LogP contribution in [0.2, 0.25) is 0 Å². The van der Waals surface area contributed by atoms with Crippen molar-refractivity contribution in [2.75, 3.05) is 13.1 Å². The predicted octanol–water partition coefficient (Wildman–Crippen LogP) is 2.67. The predicted molar refractivity (Wildman–Crippen MR) is 73.0 cm³/mol. The van der Waals surface area contributed by atoms with Gasteiger partial charge in [0.25, 0.3) is 0 Å². The summed E-state index contributed by atoms with van der Waals surface area (Å²) >= 11 is 0. The summed E-state index contributed by atoms with van der Waals surface area (Å²) in [5.74, 6) is 0.662. The zero-order valence-electron chi connectivity index (χ0n) is 10.3. The molecule has 1 heterocycles. The molecule has 2 aromatic carbocycles. The number of nitrogens with one attached hydrogen (secondary N) is 1. The molecule has 0 aliphatic carbocycles. The van der Waals surface area contributed by atoms with Crippen molar-refractivity contribution in [3.8, 4) is 5.75 Å². The van der Waals surface area contributed by atoms with E-state index in [0.29, 0.717) is 5.75 Å². The molecule has 3 rings (SSSR count). The van der Waals surface area contributed by atoms with Crippen LogP contribution in [-0.4, -0.2) is 18.2 Å². The number of phenols is 1. The fraction of sp³-hybridized carbons (Fsp3) is 0.250. The minimum absolute atomic E-state index is 0.241. The van der Waals surface area contributed by atoms with Gasteiger partial charge in [-0.15, -0.1) is 0 Å². The second-order valence-electron chi connectivity index (χ2n) is 4.77. The van der Waals surface area contributed by atoms with Gasteiger partial charge in [-0.1, -0.05) is 42.5 Å². The van der Waals surface area contributed by atoms with E-state index in [9.17, 15) is 5.11 Å². The lowest BCUT2D eigenvalue weighted by Crippen LogP contribution is -2.20. The van der Waals surface area contributed by atoms with E-state index in [1.807, 2.05) is 12.1 Å². The van der Waals surface area contributed by atoms with E-state index in [0.717, 1.165) is 25.1 Å². The lowest BCUT2D eigenvalue weighted by atomic mass is 9.87. The highest BCUT2D eigenvalue weighted by molar-refractivity contribution is 5.47. The summed E-state index contributed by atoms with van der Waals surface area (Å²) in [6.07, 6.45) is 0.979. The highest BCUT2D eigenvalue weighted by Crippen LogP contribution is 2.35. The Bertz CT molecular complexity index is 536. The number of benzene rings is 2. The summed E-state index contributed by atoms with van der Waals surface area (Å²) in [4.78, 5) is 0. The average molecular weight is 239 g/mol. The van der Waals surface area contributed by atoms with Crippen LogP contribution in [0, 0.1) is 0 Å². The van der Waals surface area contributed by atoms with Crippen LogP contribution in [0.3, 0.4) is 0 Å². The zero-order chi connectivity index (χ0) is 12.4. The Balaban J connectivity index is 2.12. The lowest BCUT2D eigenvalue weighted by Gasteiger charge is -2.19. The Labute approximate surface area is 107 Å². The molecule has 18 heavy (non-hydrogen) atoms. The molecular formula is C16H17NO. The van der Waals surface area contributed by atoms with Crippen molar-refractivity contribution in [3.05, 3.63) is 65.2 Å². The van der Waals surface area contributed by atoms with Crippen molar-refractivity contribution in [1.82, 2.24) is 5.32 Å². The van der Waals surface area contributed by atoms with Crippen LogP contribution in [0.4, 0.5) is 0 Å². The van der Waals surface area contributed by atoms with Crippen LogP contribution < -0.4 is 5.32 Å². The van der Waals surface area contributed by atoms with Gasteiger partial charge in [0.1, 0.15) is 5.75 Å². The van der Waals surface area contributed by atoms with Gasteiger partial charge in [0.2, 0.25) is 0 Å². The van der Waals surface area contributed by atoms with E-state index >= 15 is 0 Å². The van der Waals surface area contributed by atoms with Crippen LogP contribution in [0.5, 0.6) is 5.75 Å². The van der Waals surface area contributed by atoms with Crippen molar-refractivity contribution >= 4 is 0 Å². The van der Waals surface area contributed by atoms with Gasteiger partial charge < -0.3 is 10.4 Å². The SMILES string of the molecule is Oc1cccc2c1C(c1ccccc1)CNCC2. The van der Waals surface area contributed by atoms with Crippen LogP contribution in [0.1, 0.15) is 22.6 Å². The molecule has 0 saturated heterocycles. The summed E-state index contributed by atoms with van der Waals surface area (Å²) < 4.78 is 0. The lowest BCUT2D eigenvalue weighted by molar-refractivity contribution is 0.463. The number of hydrogen-bond donors (Lipinski definition) is 2. The molecule has 0 bridgehead atoms. The fourth-order valence-electron chi connectivity index (χ4n) is 2.76. The Morgan fingerprint density at radius 3 is 2.67 bits per heavy atom. The molecule has 2 aromatic rings. The first-order valence-corrected chi connectivity index (χ1v) is 6.42. The summed E-state index contributed by atoms with van der Waals surface area (Å²) in [5, 5.41) is 13.6. The molecule has 92 valence electrons. The first-order valence-electron chi connectivity index (χ1n) is 6.42. The van der Waals surface area contributed by atoms with E-state index in [-0.39, 0.29) is 5.92 Å².